The normalized spacial score (nSPS) is 19.4. The molecule has 1 aliphatic rings. The van der Waals surface area contributed by atoms with Gasteiger partial charge < -0.3 is 4.90 Å². The number of Topliss-reactive ketones (excluding diaryl/α,β-unsaturated/α-hetero) is 1. The summed E-state index contributed by atoms with van der Waals surface area (Å²) >= 11 is 12.2. The Balaban J connectivity index is 1.72. The lowest BCUT2D eigenvalue weighted by molar-refractivity contribution is -0.160. The second-order valence-corrected chi connectivity index (χ2v) is 11.9. The van der Waals surface area contributed by atoms with Gasteiger partial charge in [-0.25, -0.2) is 0 Å². The minimum atomic E-state index is -0.884. The number of rotatable bonds is 9. The number of nitrogens with zero attached hydrogens (tertiary/aromatic N) is 1. The van der Waals surface area contributed by atoms with E-state index in [1.165, 1.54) is 0 Å². The summed E-state index contributed by atoms with van der Waals surface area (Å²) in [4.78, 5) is 29.5. The van der Waals surface area contributed by atoms with Crippen LogP contribution in [-0.4, -0.2) is 28.0 Å². The van der Waals surface area contributed by atoms with Gasteiger partial charge in [-0.3, -0.25) is 9.59 Å². The standard InChI is InChI=1S/C32H35Cl2NO2/c1-31(2,3)26-19-32(20-26,35(30(37)21-33)22-23-14-16-27(34)17-15-23)29(36)18-28(24-10-6-4-7-11-24)25-12-8-5-9-13-25/h4-17,26,28H,18-22H2,1-3H3. The summed E-state index contributed by atoms with van der Waals surface area (Å²) in [6.45, 7) is 6.94. The smallest absolute Gasteiger partial charge is 0.238 e. The molecular formula is C32H35Cl2NO2. The van der Waals surface area contributed by atoms with E-state index >= 15 is 0 Å². The number of ketones is 1. The summed E-state index contributed by atoms with van der Waals surface area (Å²) in [5, 5.41) is 0.634. The second kappa shape index (κ2) is 11.4. The van der Waals surface area contributed by atoms with Gasteiger partial charge in [0, 0.05) is 23.9 Å². The molecule has 1 aliphatic carbocycles. The maximum absolute atomic E-state index is 14.4. The van der Waals surface area contributed by atoms with E-state index in [0.717, 1.165) is 16.7 Å². The zero-order valence-corrected chi connectivity index (χ0v) is 23.3. The highest BCUT2D eigenvalue weighted by molar-refractivity contribution is 6.30. The van der Waals surface area contributed by atoms with Gasteiger partial charge in [-0.2, -0.15) is 0 Å². The fourth-order valence-corrected chi connectivity index (χ4v) is 5.73. The van der Waals surface area contributed by atoms with Crippen LogP contribution in [0.3, 0.4) is 0 Å². The number of carbonyl (C=O) groups is 2. The molecule has 0 radical (unpaired) electrons. The van der Waals surface area contributed by atoms with Gasteiger partial charge in [-0.05, 0) is 53.0 Å². The SMILES string of the molecule is CC(C)(C)C1CC(C(=O)CC(c2ccccc2)c2ccccc2)(N(Cc2ccc(Cl)cc2)C(=O)CCl)C1. The van der Waals surface area contributed by atoms with Crippen molar-refractivity contribution in [2.75, 3.05) is 5.88 Å². The van der Waals surface area contributed by atoms with E-state index in [-0.39, 0.29) is 28.9 Å². The highest BCUT2D eigenvalue weighted by Crippen LogP contribution is 2.53. The van der Waals surface area contributed by atoms with Gasteiger partial charge in [-0.1, -0.05) is 105 Å². The molecule has 1 saturated carbocycles. The molecular weight excluding hydrogens is 501 g/mol. The number of benzene rings is 3. The van der Waals surface area contributed by atoms with E-state index in [1.54, 1.807) is 4.90 Å². The number of alkyl halides is 1. The molecule has 0 atom stereocenters. The molecule has 0 heterocycles. The third kappa shape index (κ3) is 6.10. The number of amides is 1. The van der Waals surface area contributed by atoms with Crippen LogP contribution < -0.4 is 0 Å². The first-order chi connectivity index (χ1) is 17.6. The van der Waals surface area contributed by atoms with E-state index in [9.17, 15) is 9.59 Å². The van der Waals surface area contributed by atoms with Crippen molar-refractivity contribution in [2.45, 2.75) is 58.0 Å². The van der Waals surface area contributed by atoms with Gasteiger partial charge in [0.2, 0.25) is 5.91 Å². The van der Waals surface area contributed by atoms with Crippen molar-refractivity contribution in [1.82, 2.24) is 4.90 Å². The van der Waals surface area contributed by atoms with Crippen LogP contribution in [0.5, 0.6) is 0 Å². The maximum Gasteiger partial charge on any atom is 0.238 e. The van der Waals surface area contributed by atoms with E-state index in [4.69, 9.17) is 23.2 Å². The van der Waals surface area contributed by atoms with E-state index in [0.29, 0.717) is 36.7 Å². The van der Waals surface area contributed by atoms with Crippen LogP contribution >= 0.6 is 23.2 Å². The molecule has 37 heavy (non-hydrogen) atoms. The van der Waals surface area contributed by atoms with Gasteiger partial charge in [0.15, 0.2) is 5.78 Å². The van der Waals surface area contributed by atoms with E-state index in [1.807, 2.05) is 60.7 Å². The minimum absolute atomic E-state index is 0.0397. The Kier molecular flexibility index (Phi) is 8.46. The second-order valence-electron chi connectivity index (χ2n) is 11.2. The first kappa shape index (κ1) is 27.4. The molecule has 5 heteroatoms. The molecule has 194 valence electrons. The van der Waals surface area contributed by atoms with Gasteiger partial charge in [0.25, 0.3) is 0 Å². The van der Waals surface area contributed by atoms with Gasteiger partial charge >= 0.3 is 0 Å². The van der Waals surface area contributed by atoms with Crippen LogP contribution in [-0.2, 0) is 16.1 Å². The maximum atomic E-state index is 14.4. The summed E-state index contributed by atoms with van der Waals surface area (Å²) in [6, 6.07) is 27.8. The largest absolute Gasteiger partial charge is 0.325 e. The van der Waals surface area contributed by atoms with Gasteiger partial charge in [0.05, 0.1) is 0 Å². The topological polar surface area (TPSA) is 37.4 Å². The monoisotopic (exact) mass is 535 g/mol. The van der Waals surface area contributed by atoms with E-state index in [2.05, 4.69) is 45.0 Å². The minimum Gasteiger partial charge on any atom is -0.325 e. The zero-order valence-electron chi connectivity index (χ0n) is 21.8. The first-order valence-electron chi connectivity index (χ1n) is 12.9. The molecule has 0 aromatic heterocycles. The molecule has 3 nitrogen and oxygen atoms in total. The predicted molar refractivity (Wildman–Crippen MR) is 152 cm³/mol. The third-order valence-corrected chi connectivity index (χ3v) is 8.37. The summed E-state index contributed by atoms with van der Waals surface area (Å²) in [7, 11) is 0. The van der Waals surface area contributed by atoms with Gasteiger partial charge in [0.1, 0.15) is 11.4 Å². The molecule has 0 spiro atoms. The van der Waals surface area contributed by atoms with Crippen molar-refractivity contribution in [3.8, 4) is 0 Å². The average Bonchev–Trinajstić information content (AvgIpc) is 2.87. The van der Waals surface area contributed by atoms with Crippen molar-refractivity contribution >= 4 is 34.9 Å². The highest BCUT2D eigenvalue weighted by Gasteiger charge is 2.57. The molecule has 0 unspecified atom stereocenters. The molecule has 3 aromatic carbocycles. The number of hydrogen-bond acceptors (Lipinski definition) is 2. The summed E-state index contributed by atoms with van der Waals surface area (Å²) in [5.41, 5.74) is 2.27. The van der Waals surface area contributed by atoms with Crippen LogP contribution in [0.2, 0.25) is 5.02 Å². The number of carbonyl (C=O) groups excluding carboxylic acids is 2. The van der Waals surface area contributed by atoms with Crippen LogP contribution in [0.25, 0.3) is 0 Å². The summed E-state index contributed by atoms with van der Waals surface area (Å²) in [5.74, 6) is -0.0431. The number of hydrogen-bond donors (Lipinski definition) is 0. The van der Waals surface area contributed by atoms with Crippen LogP contribution in [0.15, 0.2) is 84.9 Å². The summed E-state index contributed by atoms with van der Waals surface area (Å²) < 4.78 is 0. The molecule has 1 fully saturated rings. The summed E-state index contributed by atoms with van der Waals surface area (Å²) in [6.07, 6.45) is 1.60. The molecule has 0 saturated heterocycles. The van der Waals surface area contributed by atoms with Gasteiger partial charge in [-0.15, -0.1) is 11.6 Å². The lowest BCUT2D eigenvalue weighted by Crippen LogP contribution is -2.66. The third-order valence-electron chi connectivity index (χ3n) is 7.89. The van der Waals surface area contributed by atoms with Crippen molar-refractivity contribution in [1.29, 1.82) is 0 Å². The lowest BCUT2D eigenvalue weighted by Gasteiger charge is -2.57. The lowest BCUT2D eigenvalue weighted by atomic mass is 9.56. The fraction of sp³-hybridized carbons (Fsp3) is 0.375. The molecule has 0 aliphatic heterocycles. The van der Waals surface area contributed by atoms with E-state index < -0.39 is 5.54 Å². The Hall–Kier alpha value is -2.62. The highest BCUT2D eigenvalue weighted by atomic mass is 35.5. The quantitative estimate of drug-likeness (QED) is 0.261. The van der Waals surface area contributed by atoms with Crippen molar-refractivity contribution in [3.05, 3.63) is 107 Å². The van der Waals surface area contributed by atoms with Crippen LogP contribution in [0, 0.1) is 11.3 Å². The van der Waals surface area contributed by atoms with Crippen molar-refractivity contribution in [2.24, 2.45) is 11.3 Å². The van der Waals surface area contributed by atoms with Crippen molar-refractivity contribution in [3.63, 3.8) is 0 Å². The predicted octanol–water partition coefficient (Wildman–Crippen LogP) is 7.89. The Morgan fingerprint density at radius 3 is 1.86 bits per heavy atom. The molecule has 1 amide bonds. The van der Waals surface area contributed by atoms with Crippen LogP contribution in [0.1, 0.15) is 62.6 Å². The zero-order chi connectivity index (χ0) is 26.6. The van der Waals surface area contributed by atoms with Crippen molar-refractivity contribution < 1.29 is 9.59 Å². The molecule has 3 aromatic rings. The number of halogens is 2. The Morgan fingerprint density at radius 1 is 0.892 bits per heavy atom. The Bertz CT molecular complexity index is 1160. The van der Waals surface area contributed by atoms with Crippen LogP contribution in [0.4, 0.5) is 0 Å². The average molecular weight is 537 g/mol. The molecule has 4 rings (SSSR count). The molecule has 0 N–H and O–H groups in total. The first-order valence-corrected chi connectivity index (χ1v) is 13.8. The Morgan fingerprint density at radius 2 is 1.41 bits per heavy atom. The molecule has 0 bridgehead atoms. The Labute approximate surface area is 230 Å². The fourth-order valence-electron chi connectivity index (χ4n) is 5.46.